The van der Waals surface area contributed by atoms with Gasteiger partial charge in [0.25, 0.3) is 0 Å². The Balaban J connectivity index is 3.12. The Morgan fingerprint density at radius 1 is 1.71 bits per heavy atom. The minimum atomic E-state index is 0.0710. The van der Waals surface area contributed by atoms with Crippen molar-refractivity contribution in [2.75, 3.05) is 0 Å². The molecule has 0 saturated carbocycles. The predicted molar refractivity (Wildman–Crippen MR) is 27.3 cm³/mol. The van der Waals surface area contributed by atoms with E-state index in [9.17, 15) is 0 Å². The van der Waals surface area contributed by atoms with E-state index >= 15 is 0 Å². The third-order valence-corrected chi connectivity index (χ3v) is 0.967. The second kappa shape index (κ2) is 1.46. The second-order valence-electron chi connectivity index (χ2n) is 1.18. The maximum atomic E-state index is 8.59. The highest BCUT2D eigenvalue weighted by Gasteiger charge is 1.88. The molecule has 0 bridgehead atoms. The molecular formula is C4H4ClNO. The summed E-state index contributed by atoms with van der Waals surface area (Å²) in [7, 11) is 0. The lowest BCUT2D eigenvalue weighted by molar-refractivity contribution is 0.450. The van der Waals surface area contributed by atoms with Crippen LogP contribution in [0.1, 0.15) is 0 Å². The topological polar surface area (TPSA) is 25.2 Å². The molecule has 0 spiro atoms. The van der Waals surface area contributed by atoms with Gasteiger partial charge >= 0.3 is 0 Å². The quantitative estimate of drug-likeness (QED) is 0.543. The second-order valence-corrected chi connectivity index (χ2v) is 1.54. The molecule has 1 rings (SSSR count). The lowest BCUT2D eigenvalue weighted by Crippen LogP contribution is -1.69. The Morgan fingerprint density at radius 2 is 2.43 bits per heavy atom. The van der Waals surface area contributed by atoms with Crippen LogP contribution in [0.2, 0.25) is 0 Å². The fraction of sp³-hybridized carbons (Fsp3) is 0. The maximum absolute atomic E-state index is 8.59. The van der Waals surface area contributed by atoms with Crippen LogP contribution in [0.15, 0.2) is 18.3 Å². The normalized spacial score (nSPS) is 9.29. The minimum Gasteiger partial charge on any atom is -0.494 e. The summed E-state index contributed by atoms with van der Waals surface area (Å²) in [5.41, 5.74) is 0. The van der Waals surface area contributed by atoms with Gasteiger partial charge in [-0.25, -0.2) is 4.09 Å². The highest BCUT2D eigenvalue weighted by molar-refractivity contribution is 6.16. The lowest BCUT2D eigenvalue weighted by atomic mass is 10.7. The lowest BCUT2D eigenvalue weighted by Gasteiger charge is -1.84. The third kappa shape index (κ3) is 0.695. The van der Waals surface area contributed by atoms with Gasteiger partial charge in [-0.2, -0.15) is 0 Å². The van der Waals surface area contributed by atoms with E-state index in [1.54, 1.807) is 12.3 Å². The van der Waals surface area contributed by atoms with Gasteiger partial charge in [0.05, 0.1) is 0 Å². The summed E-state index contributed by atoms with van der Waals surface area (Å²) in [6, 6.07) is 3.16. The van der Waals surface area contributed by atoms with Crippen LogP contribution >= 0.6 is 11.8 Å². The van der Waals surface area contributed by atoms with Gasteiger partial charge in [-0.3, -0.25) is 0 Å². The van der Waals surface area contributed by atoms with Gasteiger partial charge in [-0.15, -0.1) is 0 Å². The Hall–Kier alpha value is -0.630. The summed E-state index contributed by atoms with van der Waals surface area (Å²) in [5.74, 6) is 0.0710. The number of aromatic nitrogens is 1. The first-order valence-corrected chi connectivity index (χ1v) is 2.17. The first-order chi connectivity index (χ1) is 3.30. The summed E-state index contributed by atoms with van der Waals surface area (Å²) in [6.07, 6.45) is 1.55. The summed E-state index contributed by atoms with van der Waals surface area (Å²) in [4.78, 5) is 0. The van der Waals surface area contributed by atoms with Crippen molar-refractivity contribution in [1.82, 2.24) is 4.09 Å². The van der Waals surface area contributed by atoms with E-state index in [0.29, 0.717) is 0 Å². The Bertz CT molecular complexity index is 144. The molecule has 0 unspecified atom stereocenters. The molecule has 0 amide bonds. The molecule has 0 aliphatic rings. The highest BCUT2D eigenvalue weighted by Crippen LogP contribution is 2.09. The van der Waals surface area contributed by atoms with E-state index in [1.807, 2.05) is 0 Å². The van der Waals surface area contributed by atoms with Gasteiger partial charge in [-0.05, 0) is 6.07 Å². The average molecular weight is 118 g/mol. The van der Waals surface area contributed by atoms with Gasteiger partial charge < -0.3 is 5.11 Å². The van der Waals surface area contributed by atoms with E-state index in [2.05, 4.69) is 0 Å². The van der Waals surface area contributed by atoms with E-state index < -0.39 is 0 Å². The van der Waals surface area contributed by atoms with Crippen LogP contribution in [-0.4, -0.2) is 9.19 Å². The molecule has 0 aromatic carbocycles. The van der Waals surface area contributed by atoms with Crippen LogP contribution in [0.4, 0.5) is 0 Å². The number of hydrogen-bond donors (Lipinski definition) is 1. The number of hydrogen-bond acceptors (Lipinski definition) is 1. The number of aromatic hydroxyl groups is 1. The molecule has 0 aliphatic carbocycles. The van der Waals surface area contributed by atoms with E-state index in [1.165, 1.54) is 6.07 Å². The van der Waals surface area contributed by atoms with Gasteiger partial charge in [0.2, 0.25) is 5.88 Å². The summed E-state index contributed by atoms with van der Waals surface area (Å²) in [5, 5.41) is 8.59. The summed E-state index contributed by atoms with van der Waals surface area (Å²) >= 11 is 5.29. The molecule has 7 heavy (non-hydrogen) atoms. The van der Waals surface area contributed by atoms with E-state index in [4.69, 9.17) is 16.9 Å². The molecular weight excluding hydrogens is 114 g/mol. The zero-order valence-corrected chi connectivity index (χ0v) is 4.26. The summed E-state index contributed by atoms with van der Waals surface area (Å²) < 4.78 is 1.11. The van der Waals surface area contributed by atoms with Crippen molar-refractivity contribution >= 4 is 11.8 Å². The third-order valence-electron chi connectivity index (χ3n) is 0.681. The Labute approximate surface area is 46.1 Å². The molecule has 1 N–H and O–H groups in total. The molecule has 0 aliphatic heterocycles. The monoisotopic (exact) mass is 117 g/mol. The number of nitrogens with zero attached hydrogens (tertiary/aromatic N) is 1. The molecule has 2 nitrogen and oxygen atoms in total. The van der Waals surface area contributed by atoms with E-state index in [0.717, 1.165) is 4.09 Å². The van der Waals surface area contributed by atoms with Gasteiger partial charge in [0.15, 0.2) is 0 Å². The Kier molecular flexibility index (Phi) is 0.947. The largest absolute Gasteiger partial charge is 0.494 e. The summed E-state index contributed by atoms with van der Waals surface area (Å²) in [6.45, 7) is 0. The Morgan fingerprint density at radius 3 is 2.57 bits per heavy atom. The SMILES string of the molecule is Oc1cccn1Cl. The molecule has 38 valence electrons. The van der Waals surface area contributed by atoms with Gasteiger partial charge in [0, 0.05) is 24.0 Å². The van der Waals surface area contributed by atoms with Crippen molar-refractivity contribution in [2.45, 2.75) is 0 Å². The van der Waals surface area contributed by atoms with Crippen molar-refractivity contribution in [3.05, 3.63) is 18.3 Å². The standard InChI is InChI=1S/C4H4ClNO/c5-6-3-1-2-4(6)7/h1-3,7H. The molecule has 1 aromatic heterocycles. The van der Waals surface area contributed by atoms with Crippen molar-refractivity contribution in [3.8, 4) is 5.88 Å². The average Bonchev–Trinajstić information content (AvgIpc) is 1.91. The van der Waals surface area contributed by atoms with Crippen molar-refractivity contribution < 1.29 is 5.11 Å². The first kappa shape index (κ1) is 4.53. The van der Waals surface area contributed by atoms with Crippen LogP contribution in [-0.2, 0) is 0 Å². The highest BCUT2D eigenvalue weighted by atomic mass is 35.5. The first-order valence-electron chi connectivity index (χ1n) is 1.83. The van der Waals surface area contributed by atoms with Crippen LogP contribution in [0.3, 0.4) is 0 Å². The van der Waals surface area contributed by atoms with Gasteiger partial charge in [0.1, 0.15) is 0 Å². The van der Waals surface area contributed by atoms with E-state index in [-0.39, 0.29) is 5.88 Å². The van der Waals surface area contributed by atoms with Crippen LogP contribution in [0, 0.1) is 0 Å². The number of rotatable bonds is 0. The smallest absolute Gasteiger partial charge is 0.205 e. The fourth-order valence-corrected chi connectivity index (χ4v) is 0.474. The molecule has 0 saturated heterocycles. The zero-order chi connectivity index (χ0) is 5.28. The van der Waals surface area contributed by atoms with Gasteiger partial charge in [-0.1, -0.05) is 0 Å². The molecule has 0 radical (unpaired) electrons. The molecule has 3 heteroatoms. The molecule has 0 fully saturated rings. The fourth-order valence-electron chi connectivity index (χ4n) is 0.352. The van der Waals surface area contributed by atoms with Crippen molar-refractivity contribution in [1.29, 1.82) is 0 Å². The van der Waals surface area contributed by atoms with Crippen molar-refractivity contribution in [2.24, 2.45) is 0 Å². The molecule has 1 aromatic rings. The minimum absolute atomic E-state index is 0.0710. The predicted octanol–water partition coefficient (Wildman–Crippen LogP) is 1.20. The van der Waals surface area contributed by atoms with Crippen molar-refractivity contribution in [3.63, 3.8) is 0 Å². The maximum Gasteiger partial charge on any atom is 0.205 e. The van der Waals surface area contributed by atoms with Crippen LogP contribution in [0.25, 0.3) is 0 Å². The zero-order valence-electron chi connectivity index (χ0n) is 3.50. The molecule has 1 heterocycles. The van der Waals surface area contributed by atoms with Crippen LogP contribution < -0.4 is 0 Å². The molecule has 0 atom stereocenters. The van der Waals surface area contributed by atoms with Crippen LogP contribution in [0.5, 0.6) is 5.88 Å². The number of halogens is 1.